The first kappa shape index (κ1) is 11.8. The normalized spacial score (nSPS) is 32.1. The Morgan fingerprint density at radius 2 is 2.44 bits per heavy atom. The molecule has 2 aliphatic rings. The lowest BCUT2D eigenvalue weighted by Crippen LogP contribution is -2.34. The van der Waals surface area contributed by atoms with Gasteiger partial charge in [-0.15, -0.1) is 0 Å². The summed E-state index contributed by atoms with van der Waals surface area (Å²) in [7, 11) is 0. The number of carboxylic acids is 1. The van der Waals surface area contributed by atoms with Gasteiger partial charge in [0.15, 0.2) is 0 Å². The lowest BCUT2D eigenvalue weighted by Gasteiger charge is -2.14. The van der Waals surface area contributed by atoms with E-state index in [0.717, 1.165) is 30.9 Å². The van der Waals surface area contributed by atoms with Crippen molar-refractivity contribution in [3.8, 4) is 0 Å². The van der Waals surface area contributed by atoms with E-state index in [1.807, 2.05) is 18.7 Å². The molecular weight excluding hydrogens is 224 g/mol. The van der Waals surface area contributed by atoms with Crippen molar-refractivity contribution in [2.75, 3.05) is 5.75 Å². The van der Waals surface area contributed by atoms with Gasteiger partial charge in [0.2, 0.25) is 0 Å². The number of rotatable bonds is 5. The maximum atomic E-state index is 10.4. The Morgan fingerprint density at radius 1 is 1.62 bits per heavy atom. The number of aliphatic carboxylic acids is 1. The fourth-order valence-electron chi connectivity index (χ4n) is 2.39. The van der Waals surface area contributed by atoms with Gasteiger partial charge in [0.05, 0.1) is 17.9 Å². The molecule has 0 radical (unpaired) electrons. The third kappa shape index (κ3) is 2.70. The number of thioether (sulfide) groups is 1. The first-order valence-electron chi connectivity index (χ1n) is 5.81. The molecule has 3 unspecified atom stereocenters. The SMILES string of the molecule is CC1=NC2C(CSC2CCCCC(=O)O)N1. The molecule has 1 fully saturated rings. The van der Waals surface area contributed by atoms with Crippen molar-refractivity contribution in [2.45, 2.75) is 49.9 Å². The van der Waals surface area contributed by atoms with Gasteiger partial charge in [-0.05, 0) is 19.8 Å². The van der Waals surface area contributed by atoms with Gasteiger partial charge in [-0.2, -0.15) is 11.8 Å². The highest BCUT2D eigenvalue weighted by molar-refractivity contribution is 8.00. The van der Waals surface area contributed by atoms with Gasteiger partial charge in [-0.3, -0.25) is 9.79 Å². The topological polar surface area (TPSA) is 61.7 Å². The van der Waals surface area contributed by atoms with Gasteiger partial charge in [0.1, 0.15) is 0 Å². The second-order valence-corrected chi connectivity index (χ2v) is 5.74. The molecule has 2 N–H and O–H groups in total. The molecule has 0 aromatic rings. The molecule has 0 aromatic carbocycles. The van der Waals surface area contributed by atoms with E-state index in [2.05, 4.69) is 10.3 Å². The lowest BCUT2D eigenvalue weighted by atomic mass is 10.0. The standard InChI is InChI=1S/C11H18N2O2S/c1-7-12-8-6-16-9(11(8)13-7)4-2-3-5-10(14)15/h8-9,11H,2-6H2,1H3,(H,12,13)(H,14,15). The van der Waals surface area contributed by atoms with Gasteiger partial charge in [-0.1, -0.05) is 6.42 Å². The van der Waals surface area contributed by atoms with Crippen LogP contribution >= 0.6 is 11.8 Å². The molecule has 90 valence electrons. The van der Waals surface area contributed by atoms with Crippen molar-refractivity contribution in [1.29, 1.82) is 0 Å². The minimum absolute atomic E-state index is 0.298. The molecule has 2 aliphatic heterocycles. The van der Waals surface area contributed by atoms with E-state index in [1.165, 1.54) is 0 Å². The first-order chi connectivity index (χ1) is 7.66. The second-order valence-electron chi connectivity index (χ2n) is 4.47. The molecule has 2 rings (SSSR count). The van der Waals surface area contributed by atoms with Crippen molar-refractivity contribution in [2.24, 2.45) is 4.99 Å². The smallest absolute Gasteiger partial charge is 0.303 e. The number of unbranched alkanes of at least 4 members (excludes halogenated alkanes) is 1. The fraction of sp³-hybridized carbons (Fsp3) is 0.818. The third-order valence-electron chi connectivity index (χ3n) is 3.15. The van der Waals surface area contributed by atoms with Gasteiger partial charge < -0.3 is 10.4 Å². The summed E-state index contributed by atoms with van der Waals surface area (Å²) >= 11 is 1.98. The Balaban J connectivity index is 1.72. The van der Waals surface area contributed by atoms with Crippen molar-refractivity contribution < 1.29 is 9.90 Å². The minimum atomic E-state index is -0.687. The van der Waals surface area contributed by atoms with Crippen LogP contribution in [0.3, 0.4) is 0 Å². The van der Waals surface area contributed by atoms with Crippen molar-refractivity contribution in [3.05, 3.63) is 0 Å². The highest BCUT2D eigenvalue weighted by Gasteiger charge is 2.39. The second kappa shape index (κ2) is 5.08. The number of carboxylic acid groups (broad SMARTS) is 1. The van der Waals surface area contributed by atoms with E-state index in [-0.39, 0.29) is 0 Å². The Labute approximate surface area is 99.9 Å². The molecule has 0 amide bonds. The summed E-state index contributed by atoms with van der Waals surface area (Å²) in [6.45, 7) is 2.02. The summed E-state index contributed by atoms with van der Waals surface area (Å²) in [5.74, 6) is 1.51. The van der Waals surface area contributed by atoms with Gasteiger partial charge >= 0.3 is 5.97 Å². The van der Waals surface area contributed by atoms with E-state index in [0.29, 0.717) is 23.8 Å². The van der Waals surface area contributed by atoms with Crippen LogP contribution < -0.4 is 5.32 Å². The van der Waals surface area contributed by atoms with Crippen LogP contribution in [0.25, 0.3) is 0 Å². The molecule has 0 bridgehead atoms. The van der Waals surface area contributed by atoms with Crippen LogP contribution in [0.15, 0.2) is 4.99 Å². The molecule has 4 nitrogen and oxygen atoms in total. The third-order valence-corrected chi connectivity index (χ3v) is 4.64. The fourth-order valence-corrected chi connectivity index (χ4v) is 3.90. The average molecular weight is 242 g/mol. The van der Waals surface area contributed by atoms with Crippen molar-refractivity contribution >= 4 is 23.6 Å². The van der Waals surface area contributed by atoms with Crippen LogP contribution in [-0.4, -0.2) is 40.0 Å². The first-order valence-corrected chi connectivity index (χ1v) is 6.86. The number of nitrogens with one attached hydrogen (secondary N) is 1. The molecular formula is C11H18N2O2S. The van der Waals surface area contributed by atoms with Crippen LogP contribution in [0.4, 0.5) is 0 Å². The number of aliphatic imine (C=N–C) groups is 1. The van der Waals surface area contributed by atoms with Gasteiger partial charge in [-0.25, -0.2) is 0 Å². The lowest BCUT2D eigenvalue weighted by molar-refractivity contribution is -0.137. The zero-order chi connectivity index (χ0) is 11.5. The monoisotopic (exact) mass is 242 g/mol. The maximum Gasteiger partial charge on any atom is 0.303 e. The summed E-state index contributed by atoms with van der Waals surface area (Å²) in [5, 5.41) is 12.5. The molecule has 0 aromatic heterocycles. The Bertz CT molecular complexity index is 306. The minimum Gasteiger partial charge on any atom is -0.481 e. The van der Waals surface area contributed by atoms with E-state index in [1.54, 1.807) is 0 Å². The summed E-state index contributed by atoms with van der Waals surface area (Å²) in [6, 6.07) is 0.948. The number of fused-ring (bicyclic) bond motifs is 1. The van der Waals surface area contributed by atoms with Crippen LogP contribution in [-0.2, 0) is 4.79 Å². The van der Waals surface area contributed by atoms with Crippen LogP contribution in [0.2, 0.25) is 0 Å². The predicted octanol–water partition coefficient (Wildman–Crippen LogP) is 1.51. The molecule has 3 atom stereocenters. The van der Waals surface area contributed by atoms with Crippen LogP contribution in [0, 0.1) is 0 Å². The highest BCUT2D eigenvalue weighted by atomic mass is 32.2. The molecule has 0 saturated carbocycles. The number of carbonyl (C=O) groups is 1. The number of amidine groups is 1. The number of hydrogen-bond acceptors (Lipinski definition) is 4. The molecule has 2 heterocycles. The predicted molar refractivity (Wildman–Crippen MR) is 66.2 cm³/mol. The quantitative estimate of drug-likeness (QED) is 0.717. The van der Waals surface area contributed by atoms with Crippen molar-refractivity contribution in [3.63, 3.8) is 0 Å². The van der Waals surface area contributed by atoms with Gasteiger partial charge in [0, 0.05) is 17.4 Å². The zero-order valence-corrected chi connectivity index (χ0v) is 10.3. The summed E-state index contributed by atoms with van der Waals surface area (Å²) < 4.78 is 0. The van der Waals surface area contributed by atoms with Gasteiger partial charge in [0.25, 0.3) is 0 Å². The molecule has 1 saturated heterocycles. The summed E-state index contributed by atoms with van der Waals surface area (Å²) in [5.41, 5.74) is 0. The number of hydrogen-bond donors (Lipinski definition) is 2. The molecule has 0 aliphatic carbocycles. The molecule has 5 heteroatoms. The molecule has 16 heavy (non-hydrogen) atoms. The van der Waals surface area contributed by atoms with Crippen LogP contribution in [0.5, 0.6) is 0 Å². The summed E-state index contributed by atoms with van der Waals surface area (Å²) in [4.78, 5) is 15.0. The van der Waals surface area contributed by atoms with E-state index < -0.39 is 5.97 Å². The van der Waals surface area contributed by atoms with E-state index in [9.17, 15) is 4.79 Å². The Kier molecular flexibility index (Phi) is 3.74. The largest absolute Gasteiger partial charge is 0.481 e. The highest BCUT2D eigenvalue weighted by Crippen LogP contribution is 2.35. The van der Waals surface area contributed by atoms with Crippen LogP contribution in [0.1, 0.15) is 32.6 Å². The Morgan fingerprint density at radius 3 is 3.19 bits per heavy atom. The molecule has 0 spiro atoms. The van der Waals surface area contributed by atoms with Crippen molar-refractivity contribution in [1.82, 2.24) is 5.32 Å². The van der Waals surface area contributed by atoms with E-state index >= 15 is 0 Å². The summed E-state index contributed by atoms with van der Waals surface area (Å²) in [6.07, 6.45) is 3.19. The van der Waals surface area contributed by atoms with E-state index in [4.69, 9.17) is 5.11 Å². The zero-order valence-electron chi connectivity index (χ0n) is 9.48. The average Bonchev–Trinajstić information content (AvgIpc) is 2.72. The maximum absolute atomic E-state index is 10.4. The number of nitrogens with zero attached hydrogens (tertiary/aromatic N) is 1. The Hall–Kier alpha value is -0.710.